The van der Waals surface area contributed by atoms with Gasteiger partial charge in [0, 0.05) is 10.4 Å². The predicted octanol–water partition coefficient (Wildman–Crippen LogP) is 2.97. The Kier molecular flexibility index (Phi) is 3.56. The number of amides is 1. The minimum absolute atomic E-state index is 0.116. The van der Waals surface area contributed by atoms with Crippen LogP contribution in [0.15, 0.2) is 52.3 Å². The first kappa shape index (κ1) is 12.6. The Balaban J connectivity index is 1.67. The van der Waals surface area contributed by atoms with Crippen molar-refractivity contribution in [2.24, 2.45) is 0 Å². The van der Waals surface area contributed by atoms with Crippen LogP contribution in [0.5, 0.6) is 0 Å². The van der Waals surface area contributed by atoms with E-state index in [1.54, 1.807) is 35.6 Å². The van der Waals surface area contributed by atoms with E-state index in [2.05, 4.69) is 15.5 Å². The molecule has 0 unspecified atom stereocenters. The predicted molar refractivity (Wildman–Crippen MR) is 75.8 cm³/mol. The molecule has 0 saturated heterocycles. The molecule has 0 saturated carbocycles. The van der Waals surface area contributed by atoms with E-state index in [4.69, 9.17) is 4.42 Å². The maximum atomic E-state index is 11.9. The molecule has 3 rings (SSSR count). The van der Waals surface area contributed by atoms with Gasteiger partial charge in [-0.15, -0.1) is 16.4 Å². The number of carbonyl (C=O) groups excluding carboxylic acids is 1. The number of nitrogens with zero attached hydrogens (tertiary/aromatic N) is 2. The van der Waals surface area contributed by atoms with Crippen molar-refractivity contribution in [2.75, 3.05) is 5.32 Å². The Morgan fingerprint density at radius 1 is 1.15 bits per heavy atom. The molecule has 2 aromatic heterocycles. The van der Waals surface area contributed by atoms with Gasteiger partial charge in [0.05, 0.1) is 6.42 Å². The molecule has 20 heavy (non-hydrogen) atoms. The first-order chi connectivity index (χ1) is 9.81. The van der Waals surface area contributed by atoms with E-state index in [0.29, 0.717) is 17.9 Å². The molecule has 0 aliphatic heterocycles. The van der Waals surface area contributed by atoms with Crippen molar-refractivity contribution < 1.29 is 9.21 Å². The third-order valence-electron chi connectivity index (χ3n) is 2.63. The molecule has 0 spiro atoms. The summed E-state index contributed by atoms with van der Waals surface area (Å²) in [7, 11) is 0. The quantitative estimate of drug-likeness (QED) is 0.800. The van der Waals surface area contributed by atoms with Crippen LogP contribution >= 0.6 is 11.3 Å². The van der Waals surface area contributed by atoms with Gasteiger partial charge < -0.3 is 4.42 Å². The second-order valence-electron chi connectivity index (χ2n) is 4.08. The summed E-state index contributed by atoms with van der Waals surface area (Å²) in [6.45, 7) is 0. The van der Waals surface area contributed by atoms with Crippen LogP contribution in [-0.2, 0) is 6.42 Å². The zero-order chi connectivity index (χ0) is 13.8. The number of rotatable bonds is 4. The number of benzene rings is 1. The van der Waals surface area contributed by atoms with Crippen LogP contribution in [0.2, 0.25) is 0 Å². The highest BCUT2D eigenvalue weighted by Crippen LogP contribution is 2.15. The molecule has 6 heteroatoms. The number of aromatic nitrogens is 2. The first-order valence-corrected chi connectivity index (χ1v) is 6.90. The van der Waals surface area contributed by atoms with Gasteiger partial charge in [0.1, 0.15) is 0 Å². The number of anilines is 1. The van der Waals surface area contributed by atoms with Gasteiger partial charge in [-0.1, -0.05) is 29.4 Å². The maximum absolute atomic E-state index is 11.9. The van der Waals surface area contributed by atoms with Crippen molar-refractivity contribution in [3.05, 3.63) is 64.2 Å². The number of carbonyl (C=O) groups is 1. The highest BCUT2D eigenvalue weighted by Gasteiger charge is 2.11. The Hall–Kier alpha value is -2.47. The summed E-state index contributed by atoms with van der Waals surface area (Å²) in [5, 5.41) is 12.3. The Morgan fingerprint density at radius 2 is 2.00 bits per heavy atom. The lowest BCUT2D eigenvalue weighted by Crippen LogP contribution is -2.11. The molecule has 0 bridgehead atoms. The third-order valence-corrected chi connectivity index (χ3v) is 3.51. The summed E-state index contributed by atoms with van der Waals surface area (Å²) in [6.07, 6.45) is 0.575. The molecule has 0 radical (unpaired) electrons. The molecule has 0 atom stereocenters. The summed E-state index contributed by atoms with van der Waals surface area (Å²) >= 11 is 1.62. The highest BCUT2D eigenvalue weighted by molar-refractivity contribution is 7.09. The fraction of sp³-hybridized carbons (Fsp3) is 0.0714. The number of hydrogen-bond acceptors (Lipinski definition) is 5. The maximum Gasteiger partial charge on any atom is 0.322 e. The van der Waals surface area contributed by atoms with Crippen LogP contribution < -0.4 is 5.32 Å². The second kappa shape index (κ2) is 5.66. The molecule has 5 nitrogen and oxygen atoms in total. The van der Waals surface area contributed by atoms with Crippen LogP contribution in [0, 0.1) is 0 Å². The molecular weight excluding hydrogens is 274 g/mol. The fourth-order valence-corrected chi connectivity index (χ4v) is 2.39. The SMILES string of the molecule is O=C(Nc1nnc(Cc2cccs2)o1)c1ccccc1. The smallest absolute Gasteiger partial charge is 0.322 e. The molecule has 0 aliphatic rings. The van der Waals surface area contributed by atoms with E-state index in [9.17, 15) is 4.79 Å². The molecule has 100 valence electrons. The van der Waals surface area contributed by atoms with E-state index < -0.39 is 0 Å². The lowest BCUT2D eigenvalue weighted by molar-refractivity contribution is 0.102. The van der Waals surface area contributed by atoms with Gasteiger partial charge in [-0.3, -0.25) is 10.1 Å². The molecule has 1 N–H and O–H groups in total. The summed E-state index contributed by atoms with van der Waals surface area (Å²) in [5.41, 5.74) is 0.547. The van der Waals surface area contributed by atoms with Crippen LogP contribution in [0.4, 0.5) is 6.01 Å². The van der Waals surface area contributed by atoms with E-state index in [-0.39, 0.29) is 11.9 Å². The van der Waals surface area contributed by atoms with Crippen molar-refractivity contribution >= 4 is 23.3 Å². The van der Waals surface area contributed by atoms with E-state index >= 15 is 0 Å². The summed E-state index contributed by atoms with van der Waals surface area (Å²) < 4.78 is 5.40. The molecule has 1 aromatic carbocycles. The molecular formula is C14H11N3O2S. The van der Waals surface area contributed by atoms with Crippen LogP contribution in [0.1, 0.15) is 21.1 Å². The average Bonchev–Trinajstić information content (AvgIpc) is 3.12. The minimum atomic E-state index is -0.267. The fourth-order valence-electron chi connectivity index (χ4n) is 1.70. The van der Waals surface area contributed by atoms with Gasteiger partial charge in [0.15, 0.2) is 0 Å². The summed E-state index contributed by atoms with van der Waals surface area (Å²) in [4.78, 5) is 13.0. The number of thiophene rings is 1. The topological polar surface area (TPSA) is 68.0 Å². The Labute approximate surface area is 119 Å². The molecule has 3 aromatic rings. The van der Waals surface area contributed by atoms with Crippen molar-refractivity contribution in [3.63, 3.8) is 0 Å². The van der Waals surface area contributed by atoms with Crippen molar-refractivity contribution in [2.45, 2.75) is 6.42 Å². The zero-order valence-corrected chi connectivity index (χ0v) is 11.3. The zero-order valence-electron chi connectivity index (χ0n) is 10.4. The lowest BCUT2D eigenvalue weighted by atomic mass is 10.2. The van der Waals surface area contributed by atoms with Crippen molar-refractivity contribution in [1.82, 2.24) is 10.2 Å². The second-order valence-corrected chi connectivity index (χ2v) is 5.11. The van der Waals surface area contributed by atoms with Crippen molar-refractivity contribution in [1.29, 1.82) is 0 Å². The van der Waals surface area contributed by atoms with Crippen LogP contribution in [-0.4, -0.2) is 16.1 Å². The van der Waals surface area contributed by atoms with Crippen LogP contribution in [0.25, 0.3) is 0 Å². The van der Waals surface area contributed by atoms with E-state index in [1.807, 2.05) is 23.6 Å². The normalized spacial score (nSPS) is 10.4. The Bertz CT molecular complexity index is 692. The van der Waals surface area contributed by atoms with E-state index in [0.717, 1.165) is 4.88 Å². The lowest BCUT2D eigenvalue weighted by Gasteiger charge is -1.99. The van der Waals surface area contributed by atoms with Gasteiger partial charge >= 0.3 is 6.01 Å². The largest absolute Gasteiger partial charge is 0.407 e. The van der Waals surface area contributed by atoms with Gasteiger partial charge in [-0.05, 0) is 23.6 Å². The third kappa shape index (κ3) is 2.92. The van der Waals surface area contributed by atoms with Gasteiger partial charge in [-0.2, -0.15) is 0 Å². The first-order valence-electron chi connectivity index (χ1n) is 6.02. The average molecular weight is 285 g/mol. The Morgan fingerprint density at radius 3 is 2.75 bits per heavy atom. The van der Waals surface area contributed by atoms with Gasteiger partial charge in [-0.25, -0.2) is 0 Å². The minimum Gasteiger partial charge on any atom is -0.407 e. The highest BCUT2D eigenvalue weighted by atomic mass is 32.1. The molecule has 1 amide bonds. The van der Waals surface area contributed by atoms with Gasteiger partial charge in [0.2, 0.25) is 5.89 Å². The monoisotopic (exact) mass is 285 g/mol. The van der Waals surface area contributed by atoms with Crippen molar-refractivity contribution in [3.8, 4) is 0 Å². The van der Waals surface area contributed by atoms with Gasteiger partial charge in [0.25, 0.3) is 5.91 Å². The standard InChI is InChI=1S/C14H11N3O2S/c18-13(10-5-2-1-3-6-10)15-14-17-16-12(19-14)9-11-7-4-8-20-11/h1-8H,9H2,(H,15,17,18). The number of nitrogens with one attached hydrogen (secondary N) is 1. The molecule has 2 heterocycles. The molecule has 0 aliphatic carbocycles. The van der Waals surface area contributed by atoms with E-state index in [1.165, 1.54) is 0 Å². The van der Waals surface area contributed by atoms with Crippen LogP contribution in [0.3, 0.4) is 0 Å². The molecule has 0 fully saturated rings. The number of hydrogen-bond donors (Lipinski definition) is 1. The summed E-state index contributed by atoms with van der Waals surface area (Å²) in [6, 6.07) is 13.0. The summed E-state index contributed by atoms with van der Waals surface area (Å²) in [5.74, 6) is 0.215.